The topological polar surface area (TPSA) is 17.1 Å². The molecule has 1 aliphatic rings. The minimum atomic E-state index is 0.466. The molecular formula is C14H18O. The molecule has 15 heavy (non-hydrogen) atoms. The summed E-state index contributed by atoms with van der Waals surface area (Å²) in [6.45, 7) is 0. The Morgan fingerprint density at radius 3 is 2.60 bits per heavy atom. The van der Waals surface area contributed by atoms with Gasteiger partial charge in [0.05, 0.1) is 0 Å². The number of hydrogen-bond donors (Lipinski definition) is 0. The highest BCUT2D eigenvalue weighted by Crippen LogP contribution is 2.32. The minimum Gasteiger partial charge on any atom is -0.300 e. The number of rotatable bonds is 6. The number of carbonyl (C=O) groups excluding carboxylic acids is 1. The molecule has 80 valence electrons. The Balaban J connectivity index is 1.63. The standard InChI is InChI=1S/C14H18O/c15-14(11-13-9-10-13)8-4-7-12-5-2-1-3-6-12/h1-3,5-6,13H,4,7-11H2. The van der Waals surface area contributed by atoms with E-state index >= 15 is 0 Å². The van der Waals surface area contributed by atoms with Crippen molar-refractivity contribution in [3.63, 3.8) is 0 Å². The van der Waals surface area contributed by atoms with E-state index in [1.54, 1.807) is 0 Å². The lowest BCUT2D eigenvalue weighted by Crippen LogP contribution is -1.99. The minimum absolute atomic E-state index is 0.466. The van der Waals surface area contributed by atoms with Gasteiger partial charge >= 0.3 is 0 Å². The first kappa shape index (κ1) is 10.4. The van der Waals surface area contributed by atoms with Gasteiger partial charge in [-0.3, -0.25) is 4.79 Å². The number of aryl methyl sites for hydroxylation is 1. The maximum Gasteiger partial charge on any atom is 0.133 e. The van der Waals surface area contributed by atoms with Gasteiger partial charge in [0, 0.05) is 12.8 Å². The Morgan fingerprint density at radius 2 is 1.93 bits per heavy atom. The van der Waals surface area contributed by atoms with Gasteiger partial charge in [-0.2, -0.15) is 0 Å². The van der Waals surface area contributed by atoms with Crippen molar-refractivity contribution in [3.05, 3.63) is 35.9 Å². The molecule has 0 N–H and O–H groups in total. The predicted octanol–water partition coefficient (Wildman–Crippen LogP) is 3.38. The van der Waals surface area contributed by atoms with E-state index in [9.17, 15) is 4.79 Å². The summed E-state index contributed by atoms with van der Waals surface area (Å²) >= 11 is 0. The number of ketones is 1. The molecule has 0 aliphatic heterocycles. The number of benzene rings is 1. The average Bonchev–Trinajstić information content (AvgIpc) is 3.03. The van der Waals surface area contributed by atoms with E-state index in [0.29, 0.717) is 5.78 Å². The van der Waals surface area contributed by atoms with Gasteiger partial charge in [-0.05, 0) is 37.2 Å². The highest BCUT2D eigenvalue weighted by Gasteiger charge is 2.23. The molecule has 1 aromatic carbocycles. The maximum absolute atomic E-state index is 11.5. The van der Waals surface area contributed by atoms with E-state index in [2.05, 4.69) is 24.3 Å². The highest BCUT2D eigenvalue weighted by molar-refractivity contribution is 5.78. The van der Waals surface area contributed by atoms with Crippen LogP contribution in [0.4, 0.5) is 0 Å². The number of carbonyl (C=O) groups is 1. The lowest BCUT2D eigenvalue weighted by atomic mass is 10.0. The van der Waals surface area contributed by atoms with Crippen molar-refractivity contribution in [1.29, 1.82) is 0 Å². The third-order valence-corrected chi connectivity index (χ3v) is 2.98. The van der Waals surface area contributed by atoms with Crippen LogP contribution >= 0.6 is 0 Å². The smallest absolute Gasteiger partial charge is 0.133 e. The van der Waals surface area contributed by atoms with E-state index in [4.69, 9.17) is 0 Å². The fourth-order valence-electron chi connectivity index (χ4n) is 1.88. The van der Waals surface area contributed by atoms with Crippen LogP contribution in [0.2, 0.25) is 0 Å². The normalized spacial score (nSPS) is 15.2. The molecule has 0 spiro atoms. The molecule has 0 atom stereocenters. The van der Waals surface area contributed by atoms with Crippen molar-refractivity contribution in [2.45, 2.75) is 38.5 Å². The molecule has 2 rings (SSSR count). The summed E-state index contributed by atoms with van der Waals surface area (Å²) in [5.74, 6) is 1.21. The quantitative estimate of drug-likeness (QED) is 0.691. The predicted molar refractivity (Wildman–Crippen MR) is 61.7 cm³/mol. The summed E-state index contributed by atoms with van der Waals surface area (Å²) in [4.78, 5) is 11.5. The Labute approximate surface area is 91.5 Å². The van der Waals surface area contributed by atoms with Gasteiger partial charge in [0.1, 0.15) is 5.78 Å². The van der Waals surface area contributed by atoms with Gasteiger partial charge in [0.2, 0.25) is 0 Å². The molecule has 1 aromatic rings. The van der Waals surface area contributed by atoms with Crippen LogP contribution in [0.1, 0.15) is 37.7 Å². The summed E-state index contributed by atoms with van der Waals surface area (Å²) in [6, 6.07) is 10.4. The molecule has 0 aromatic heterocycles. The molecule has 1 heteroatoms. The largest absolute Gasteiger partial charge is 0.300 e. The Bertz CT molecular complexity index is 311. The molecule has 0 amide bonds. The zero-order chi connectivity index (χ0) is 10.5. The van der Waals surface area contributed by atoms with Gasteiger partial charge in [0.25, 0.3) is 0 Å². The third-order valence-electron chi connectivity index (χ3n) is 2.98. The van der Waals surface area contributed by atoms with Crippen LogP contribution in [0, 0.1) is 5.92 Å². The van der Waals surface area contributed by atoms with Crippen molar-refractivity contribution in [3.8, 4) is 0 Å². The summed E-state index contributed by atoms with van der Waals surface area (Å²) in [7, 11) is 0. The van der Waals surface area contributed by atoms with Crippen molar-refractivity contribution in [1.82, 2.24) is 0 Å². The summed E-state index contributed by atoms with van der Waals surface area (Å²) in [5, 5.41) is 0. The van der Waals surface area contributed by atoms with Crippen molar-refractivity contribution >= 4 is 5.78 Å². The lowest BCUT2D eigenvalue weighted by molar-refractivity contribution is -0.119. The first-order valence-corrected chi connectivity index (χ1v) is 5.90. The molecule has 1 saturated carbocycles. The third kappa shape index (κ3) is 3.86. The van der Waals surface area contributed by atoms with Crippen LogP contribution in [0.5, 0.6) is 0 Å². The molecule has 0 heterocycles. The van der Waals surface area contributed by atoms with Gasteiger partial charge in [-0.15, -0.1) is 0 Å². The Kier molecular flexibility index (Phi) is 3.54. The van der Waals surface area contributed by atoms with E-state index in [1.165, 1.54) is 18.4 Å². The van der Waals surface area contributed by atoms with E-state index in [-0.39, 0.29) is 0 Å². The van der Waals surface area contributed by atoms with Crippen molar-refractivity contribution in [2.24, 2.45) is 5.92 Å². The molecule has 1 aliphatic carbocycles. The monoisotopic (exact) mass is 202 g/mol. The zero-order valence-corrected chi connectivity index (χ0v) is 9.11. The first-order valence-electron chi connectivity index (χ1n) is 5.90. The molecule has 0 radical (unpaired) electrons. The van der Waals surface area contributed by atoms with Crippen LogP contribution in [0.25, 0.3) is 0 Å². The lowest BCUT2D eigenvalue weighted by Gasteiger charge is -2.00. The fraction of sp³-hybridized carbons (Fsp3) is 0.500. The van der Waals surface area contributed by atoms with Crippen LogP contribution in [-0.4, -0.2) is 5.78 Å². The van der Waals surface area contributed by atoms with E-state index in [0.717, 1.165) is 31.6 Å². The Hall–Kier alpha value is -1.11. The molecule has 1 fully saturated rings. The average molecular weight is 202 g/mol. The highest BCUT2D eigenvalue weighted by atomic mass is 16.1. The van der Waals surface area contributed by atoms with E-state index < -0.39 is 0 Å². The van der Waals surface area contributed by atoms with Crippen molar-refractivity contribution in [2.75, 3.05) is 0 Å². The van der Waals surface area contributed by atoms with Crippen LogP contribution in [-0.2, 0) is 11.2 Å². The second-order valence-electron chi connectivity index (χ2n) is 4.53. The molecule has 0 bridgehead atoms. The summed E-state index contributed by atoms with van der Waals surface area (Å²) < 4.78 is 0. The molecular weight excluding hydrogens is 184 g/mol. The zero-order valence-electron chi connectivity index (χ0n) is 9.11. The van der Waals surface area contributed by atoms with Gasteiger partial charge in [0.15, 0.2) is 0 Å². The second-order valence-corrected chi connectivity index (χ2v) is 4.53. The van der Waals surface area contributed by atoms with Gasteiger partial charge in [-0.1, -0.05) is 30.3 Å². The first-order chi connectivity index (χ1) is 7.34. The molecule has 1 nitrogen and oxygen atoms in total. The van der Waals surface area contributed by atoms with E-state index in [1.807, 2.05) is 6.07 Å². The Morgan fingerprint density at radius 1 is 1.20 bits per heavy atom. The van der Waals surface area contributed by atoms with Crippen LogP contribution < -0.4 is 0 Å². The SMILES string of the molecule is O=C(CCCc1ccccc1)CC1CC1. The fourth-order valence-corrected chi connectivity index (χ4v) is 1.88. The van der Waals surface area contributed by atoms with Gasteiger partial charge in [-0.25, -0.2) is 0 Å². The van der Waals surface area contributed by atoms with Crippen molar-refractivity contribution < 1.29 is 4.79 Å². The van der Waals surface area contributed by atoms with Gasteiger partial charge < -0.3 is 0 Å². The van der Waals surface area contributed by atoms with Crippen LogP contribution in [0.3, 0.4) is 0 Å². The summed E-state index contributed by atoms with van der Waals surface area (Å²) in [6.07, 6.45) is 6.22. The second kappa shape index (κ2) is 5.11. The molecule has 0 saturated heterocycles. The number of hydrogen-bond acceptors (Lipinski definition) is 1. The van der Waals surface area contributed by atoms with Crippen LogP contribution in [0.15, 0.2) is 30.3 Å². The number of Topliss-reactive ketones (excluding diaryl/α,β-unsaturated/α-hetero) is 1. The summed E-state index contributed by atoms with van der Waals surface area (Å²) in [5.41, 5.74) is 1.34. The molecule has 0 unspecified atom stereocenters. The maximum atomic E-state index is 11.5.